The van der Waals surface area contributed by atoms with E-state index in [2.05, 4.69) is 119 Å². The van der Waals surface area contributed by atoms with Crippen molar-refractivity contribution in [2.75, 3.05) is 36.0 Å². The molecule has 188 valence electrons. The molecule has 4 aromatic carbocycles. The number of rotatable bonds is 8. The predicted octanol–water partition coefficient (Wildman–Crippen LogP) is 7.78. The van der Waals surface area contributed by atoms with Gasteiger partial charge >= 0.3 is 0 Å². The fraction of sp³-hybridized carbons (Fsp3) is 0.294. The van der Waals surface area contributed by atoms with Crippen LogP contribution in [0.15, 0.2) is 109 Å². The van der Waals surface area contributed by atoms with Gasteiger partial charge < -0.3 is 14.5 Å². The summed E-state index contributed by atoms with van der Waals surface area (Å²) in [5.41, 5.74) is 7.33. The van der Waals surface area contributed by atoms with Crippen molar-refractivity contribution in [1.29, 1.82) is 0 Å². The van der Waals surface area contributed by atoms with Gasteiger partial charge in [-0.1, -0.05) is 84.9 Å². The van der Waals surface area contributed by atoms with Crippen LogP contribution in [0.5, 0.6) is 0 Å². The van der Waals surface area contributed by atoms with Gasteiger partial charge in [0.2, 0.25) is 0 Å². The molecule has 2 aliphatic rings. The van der Waals surface area contributed by atoms with E-state index in [0.717, 1.165) is 26.2 Å². The maximum atomic E-state index is 7.10. The van der Waals surface area contributed by atoms with Crippen molar-refractivity contribution in [2.45, 2.75) is 37.9 Å². The van der Waals surface area contributed by atoms with Crippen LogP contribution in [-0.2, 0) is 4.74 Å². The second-order valence-electron chi connectivity index (χ2n) is 10.3. The monoisotopic (exact) mass is 488 g/mol. The lowest BCUT2D eigenvalue weighted by Crippen LogP contribution is -2.18. The lowest BCUT2D eigenvalue weighted by molar-refractivity contribution is 0.0309. The molecule has 2 heterocycles. The Morgan fingerprint density at radius 3 is 1.08 bits per heavy atom. The summed E-state index contributed by atoms with van der Waals surface area (Å²) in [7, 11) is 0. The van der Waals surface area contributed by atoms with Gasteiger partial charge in [-0.15, -0.1) is 0 Å². The Hall–Kier alpha value is -3.56. The van der Waals surface area contributed by atoms with E-state index in [0.29, 0.717) is 0 Å². The fourth-order valence-corrected chi connectivity index (χ4v) is 5.76. The molecule has 2 atom stereocenters. The molecule has 3 heteroatoms. The molecule has 0 bridgehead atoms. The van der Waals surface area contributed by atoms with Gasteiger partial charge in [-0.25, -0.2) is 0 Å². The van der Waals surface area contributed by atoms with Crippen molar-refractivity contribution in [3.05, 3.63) is 131 Å². The summed E-state index contributed by atoms with van der Waals surface area (Å²) in [6.07, 6.45) is 4.80. The Morgan fingerprint density at radius 1 is 0.405 bits per heavy atom. The molecule has 37 heavy (non-hydrogen) atoms. The highest BCUT2D eigenvalue weighted by Crippen LogP contribution is 2.37. The highest BCUT2D eigenvalue weighted by Gasteiger charge is 2.24. The van der Waals surface area contributed by atoms with E-state index >= 15 is 0 Å². The Balaban J connectivity index is 1.34. The summed E-state index contributed by atoms with van der Waals surface area (Å²) >= 11 is 0. The normalized spacial score (nSPS) is 17.2. The molecule has 0 amide bonds. The average Bonchev–Trinajstić information content (AvgIpc) is 3.71. The van der Waals surface area contributed by atoms with Gasteiger partial charge in [0.1, 0.15) is 12.2 Å². The van der Waals surface area contributed by atoms with Gasteiger partial charge in [-0.05, 0) is 72.2 Å². The summed E-state index contributed by atoms with van der Waals surface area (Å²) in [4.78, 5) is 4.97. The maximum absolute atomic E-state index is 7.10. The van der Waals surface area contributed by atoms with Crippen LogP contribution in [-0.4, -0.2) is 26.2 Å². The number of ether oxygens (including phenoxy) is 1. The Morgan fingerprint density at radius 2 is 0.730 bits per heavy atom. The van der Waals surface area contributed by atoms with Crippen LogP contribution >= 0.6 is 0 Å². The van der Waals surface area contributed by atoms with E-state index in [1.807, 2.05) is 0 Å². The third-order valence-electron chi connectivity index (χ3n) is 7.81. The van der Waals surface area contributed by atoms with E-state index < -0.39 is 0 Å². The summed E-state index contributed by atoms with van der Waals surface area (Å²) in [5, 5.41) is 0. The van der Waals surface area contributed by atoms with Gasteiger partial charge in [0.05, 0.1) is 0 Å². The fourth-order valence-electron chi connectivity index (χ4n) is 5.76. The third kappa shape index (κ3) is 5.42. The van der Waals surface area contributed by atoms with Crippen molar-refractivity contribution in [2.24, 2.45) is 0 Å². The van der Waals surface area contributed by atoms with Crippen molar-refractivity contribution < 1.29 is 4.74 Å². The second-order valence-corrected chi connectivity index (χ2v) is 10.3. The van der Waals surface area contributed by atoms with Crippen LogP contribution in [0.1, 0.15) is 60.1 Å². The number of benzene rings is 4. The summed E-state index contributed by atoms with van der Waals surface area (Å²) in [5.74, 6) is 0. The molecule has 2 saturated heterocycles. The molecule has 2 fully saturated rings. The molecular formula is C34H36N2O. The Bertz CT molecular complexity index is 1140. The van der Waals surface area contributed by atoms with Crippen LogP contribution in [0.4, 0.5) is 11.4 Å². The van der Waals surface area contributed by atoms with Gasteiger partial charge in [-0.3, -0.25) is 0 Å². The van der Waals surface area contributed by atoms with Gasteiger partial charge in [-0.2, -0.15) is 0 Å². The van der Waals surface area contributed by atoms with Gasteiger partial charge in [0.25, 0.3) is 0 Å². The molecule has 2 aliphatic heterocycles. The molecule has 0 spiro atoms. The Kier molecular flexibility index (Phi) is 7.23. The molecule has 4 aromatic rings. The van der Waals surface area contributed by atoms with E-state index in [9.17, 15) is 0 Å². The first-order chi connectivity index (χ1) is 18.3. The van der Waals surface area contributed by atoms with Crippen LogP contribution in [0, 0.1) is 0 Å². The number of anilines is 2. The first kappa shape index (κ1) is 23.8. The molecular weight excluding hydrogens is 452 g/mol. The van der Waals surface area contributed by atoms with Crippen LogP contribution < -0.4 is 9.80 Å². The third-order valence-corrected chi connectivity index (χ3v) is 7.81. The second kappa shape index (κ2) is 11.2. The minimum atomic E-state index is -0.169. The molecule has 6 rings (SSSR count). The molecule has 0 aromatic heterocycles. The van der Waals surface area contributed by atoms with Gasteiger partial charge in [0.15, 0.2) is 0 Å². The number of nitrogens with zero attached hydrogens (tertiary/aromatic N) is 2. The molecule has 0 radical (unpaired) electrons. The smallest absolute Gasteiger partial charge is 0.109 e. The lowest BCUT2D eigenvalue weighted by atomic mass is 9.97. The van der Waals surface area contributed by atoms with Crippen molar-refractivity contribution in [3.8, 4) is 0 Å². The van der Waals surface area contributed by atoms with Crippen molar-refractivity contribution >= 4 is 11.4 Å². The quantitative estimate of drug-likeness (QED) is 0.252. The predicted molar refractivity (Wildman–Crippen MR) is 153 cm³/mol. The first-order valence-electron chi connectivity index (χ1n) is 13.8. The minimum Gasteiger partial charge on any atom is -0.372 e. The summed E-state index contributed by atoms with van der Waals surface area (Å²) < 4.78 is 7.10. The standard InChI is InChI=1S/C34H36N2O/c1-3-11-27(12-4-1)33(29-15-19-31(20-16-29)35-23-7-8-24-35)37-34(28-13-5-2-6-14-28)30-17-21-32(22-18-30)36-25-9-10-26-36/h1-6,11-22,33-34H,7-10,23-26H2. The average molecular weight is 489 g/mol. The number of hydrogen-bond donors (Lipinski definition) is 0. The highest BCUT2D eigenvalue weighted by atomic mass is 16.5. The lowest BCUT2D eigenvalue weighted by Gasteiger charge is -2.28. The van der Waals surface area contributed by atoms with Crippen LogP contribution in [0.3, 0.4) is 0 Å². The van der Waals surface area contributed by atoms with E-state index in [1.54, 1.807) is 0 Å². The number of hydrogen-bond acceptors (Lipinski definition) is 3. The molecule has 2 unspecified atom stereocenters. The molecule has 3 nitrogen and oxygen atoms in total. The van der Waals surface area contributed by atoms with E-state index in [4.69, 9.17) is 4.74 Å². The molecule has 0 saturated carbocycles. The zero-order chi connectivity index (χ0) is 24.9. The van der Waals surface area contributed by atoms with Crippen molar-refractivity contribution in [3.63, 3.8) is 0 Å². The summed E-state index contributed by atoms with van der Waals surface area (Å²) in [6.45, 7) is 4.62. The summed E-state index contributed by atoms with van der Waals surface area (Å²) in [6, 6.07) is 39.4. The van der Waals surface area contributed by atoms with Crippen LogP contribution in [0.25, 0.3) is 0 Å². The first-order valence-corrected chi connectivity index (χ1v) is 13.8. The van der Waals surface area contributed by atoms with E-state index in [1.165, 1.54) is 59.3 Å². The Labute approximate surface area is 221 Å². The molecule has 0 aliphatic carbocycles. The zero-order valence-corrected chi connectivity index (χ0v) is 21.5. The van der Waals surface area contributed by atoms with Crippen LogP contribution in [0.2, 0.25) is 0 Å². The topological polar surface area (TPSA) is 15.7 Å². The molecule has 0 N–H and O–H groups in total. The van der Waals surface area contributed by atoms with Gasteiger partial charge in [0, 0.05) is 37.6 Å². The van der Waals surface area contributed by atoms with Crippen molar-refractivity contribution in [1.82, 2.24) is 0 Å². The van der Waals surface area contributed by atoms with E-state index in [-0.39, 0.29) is 12.2 Å². The minimum absolute atomic E-state index is 0.169. The zero-order valence-electron chi connectivity index (χ0n) is 21.5. The highest BCUT2D eigenvalue weighted by molar-refractivity contribution is 5.51. The largest absolute Gasteiger partial charge is 0.372 e. The maximum Gasteiger partial charge on any atom is 0.109 e. The SMILES string of the molecule is c1ccc(C(OC(c2ccccc2)c2ccc(N3CCCC3)cc2)c2ccc(N3CCCC3)cc2)cc1.